The Morgan fingerprint density at radius 3 is 3.09 bits per heavy atom. The van der Waals surface area contributed by atoms with Crippen LogP contribution in [0.1, 0.15) is 31.6 Å². The standard InChI is InChI=1S/C16H17N5O2/c1-2-20-9-11(6-7-14(20)22)16-18-15(19-23-16)12-10-21-8-4-3-5-13(21)17-12/h3-5,8,10-11H,2,6-7,9H2,1H3/t11-/m0/s1. The molecule has 1 aliphatic rings. The van der Waals surface area contributed by atoms with Gasteiger partial charge in [0, 0.05) is 31.9 Å². The number of amides is 1. The fourth-order valence-electron chi connectivity index (χ4n) is 2.97. The van der Waals surface area contributed by atoms with Gasteiger partial charge in [-0.1, -0.05) is 11.2 Å². The Morgan fingerprint density at radius 2 is 2.26 bits per heavy atom. The predicted molar refractivity (Wildman–Crippen MR) is 82.7 cm³/mol. The number of hydrogen-bond donors (Lipinski definition) is 0. The van der Waals surface area contributed by atoms with Crippen molar-refractivity contribution >= 4 is 11.6 Å². The summed E-state index contributed by atoms with van der Waals surface area (Å²) < 4.78 is 7.35. The molecule has 1 saturated heterocycles. The van der Waals surface area contributed by atoms with Gasteiger partial charge in [-0.25, -0.2) is 4.98 Å². The Morgan fingerprint density at radius 1 is 1.35 bits per heavy atom. The average Bonchev–Trinajstić information content (AvgIpc) is 3.21. The molecule has 0 radical (unpaired) electrons. The Hall–Kier alpha value is -2.70. The minimum atomic E-state index is 0.103. The van der Waals surface area contributed by atoms with Gasteiger partial charge in [0.05, 0.1) is 5.92 Å². The number of nitrogens with zero attached hydrogens (tertiary/aromatic N) is 5. The smallest absolute Gasteiger partial charge is 0.231 e. The number of rotatable bonds is 3. The van der Waals surface area contributed by atoms with E-state index >= 15 is 0 Å². The van der Waals surface area contributed by atoms with E-state index in [-0.39, 0.29) is 11.8 Å². The molecule has 7 heteroatoms. The molecule has 3 aromatic heterocycles. The fourth-order valence-corrected chi connectivity index (χ4v) is 2.97. The zero-order chi connectivity index (χ0) is 15.8. The fraction of sp³-hybridized carbons (Fsp3) is 0.375. The van der Waals surface area contributed by atoms with Crippen LogP contribution >= 0.6 is 0 Å². The summed E-state index contributed by atoms with van der Waals surface area (Å²) in [5.74, 6) is 1.38. The van der Waals surface area contributed by atoms with Crippen molar-refractivity contribution in [2.75, 3.05) is 13.1 Å². The highest BCUT2D eigenvalue weighted by molar-refractivity contribution is 5.77. The molecule has 0 saturated carbocycles. The van der Waals surface area contributed by atoms with Gasteiger partial charge in [0.25, 0.3) is 0 Å². The summed E-state index contributed by atoms with van der Waals surface area (Å²) in [6, 6.07) is 5.81. The number of likely N-dealkylation sites (tertiary alicyclic amines) is 1. The number of imidazole rings is 1. The van der Waals surface area contributed by atoms with E-state index in [4.69, 9.17) is 4.52 Å². The number of carbonyl (C=O) groups is 1. The molecule has 1 aliphatic heterocycles. The molecule has 0 unspecified atom stereocenters. The SMILES string of the molecule is CCN1C[C@@H](c2nc(-c3cn4ccccc4n3)no2)CCC1=O. The van der Waals surface area contributed by atoms with Crippen molar-refractivity contribution < 1.29 is 9.32 Å². The highest BCUT2D eigenvalue weighted by Crippen LogP contribution is 2.27. The maximum Gasteiger partial charge on any atom is 0.231 e. The first-order chi connectivity index (χ1) is 11.2. The monoisotopic (exact) mass is 311 g/mol. The largest absolute Gasteiger partial charge is 0.342 e. The average molecular weight is 311 g/mol. The summed E-state index contributed by atoms with van der Waals surface area (Å²) in [5, 5.41) is 4.06. The summed E-state index contributed by atoms with van der Waals surface area (Å²) in [6.45, 7) is 3.33. The number of fused-ring (bicyclic) bond motifs is 1. The second-order valence-electron chi connectivity index (χ2n) is 5.72. The summed E-state index contributed by atoms with van der Waals surface area (Å²) in [6.07, 6.45) is 5.10. The van der Waals surface area contributed by atoms with Crippen LogP contribution in [0.3, 0.4) is 0 Å². The third-order valence-electron chi connectivity index (χ3n) is 4.27. The zero-order valence-electron chi connectivity index (χ0n) is 12.8. The molecule has 23 heavy (non-hydrogen) atoms. The van der Waals surface area contributed by atoms with Crippen molar-refractivity contribution in [2.45, 2.75) is 25.7 Å². The molecule has 0 N–H and O–H groups in total. The second-order valence-corrected chi connectivity index (χ2v) is 5.72. The number of aromatic nitrogens is 4. The highest BCUT2D eigenvalue weighted by Gasteiger charge is 2.29. The molecule has 118 valence electrons. The van der Waals surface area contributed by atoms with E-state index in [2.05, 4.69) is 15.1 Å². The topological polar surface area (TPSA) is 76.5 Å². The number of hydrogen-bond acceptors (Lipinski definition) is 5. The molecular formula is C16H17N5O2. The Labute approximate surface area is 132 Å². The number of pyridine rings is 1. The third-order valence-corrected chi connectivity index (χ3v) is 4.27. The van der Waals surface area contributed by atoms with Crippen molar-refractivity contribution in [3.8, 4) is 11.5 Å². The van der Waals surface area contributed by atoms with E-state index in [1.54, 1.807) is 0 Å². The number of piperidine rings is 1. The van der Waals surface area contributed by atoms with Gasteiger partial charge in [0.2, 0.25) is 17.6 Å². The molecule has 1 atom stereocenters. The quantitative estimate of drug-likeness (QED) is 0.740. The van der Waals surface area contributed by atoms with Crippen molar-refractivity contribution in [3.05, 3.63) is 36.5 Å². The summed E-state index contributed by atoms with van der Waals surface area (Å²) in [4.78, 5) is 22.6. The molecule has 1 amide bonds. The zero-order valence-corrected chi connectivity index (χ0v) is 12.8. The van der Waals surface area contributed by atoms with E-state index in [1.807, 2.05) is 46.8 Å². The van der Waals surface area contributed by atoms with Crippen LogP contribution in [-0.2, 0) is 4.79 Å². The number of likely N-dealkylation sites (N-methyl/N-ethyl adjacent to an activating group) is 1. The lowest BCUT2D eigenvalue weighted by Crippen LogP contribution is -2.38. The summed E-state index contributed by atoms with van der Waals surface area (Å²) in [5.41, 5.74) is 1.53. The van der Waals surface area contributed by atoms with Crippen LogP contribution in [0.25, 0.3) is 17.2 Å². The van der Waals surface area contributed by atoms with Gasteiger partial charge in [-0.15, -0.1) is 0 Å². The van der Waals surface area contributed by atoms with Crippen molar-refractivity contribution in [1.29, 1.82) is 0 Å². The molecule has 4 rings (SSSR count). The molecule has 0 aliphatic carbocycles. The van der Waals surface area contributed by atoms with Gasteiger partial charge in [-0.2, -0.15) is 4.98 Å². The molecular weight excluding hydrogens is 294 g/mol. The lowest BCUT2D eigenvalue weighted by atomic mass is 9.97. The lowest BCUT2D eigenvalue weighted by Gasteiger charge is -2.29. The van der Waals surface area contributed by atoms with Crippen molar-refractivity contribution in [1.82, 2.24) is 24.4 Å². The molecule has 0 spiro atoms. The maximum atomic E-state index is 11.8. The molecule has 1 fully saturated rings. The van der Waals surface area contributed by atoms with E-state index in [1.165, 1.54) is 0 Å². The predicted octanol–water partition coefficient (Wildman–Crippen LogP) is 2.11. The van der Waals surface area contributed by atoms with Gasteiger partial charge in [-0.3, -0.25) is 4.79 Å². The molecule has 0 aromatic carbocycles. The van der Waals surface area contributed by atoms with Crippen LogP contribution in [0.4, 0.5) is 0 Å². The third kappa shape index (κ3) is 2.48. The molecule has 3 aromatic rings. The van der Waals surface area contributed by atoms with Gasteiger partial charge in [0.1, 0.15) is 11.3 Å². The van der Waals surface area contributed by atoms with Crippen LogP contribution in [0.15, 0.2) is 35.1 Å². The van der Waals surface area contributed by atoms with Crippen LogP contribution in [-0.4, -0.2) is 43.4 Å². The Bertz CT molecular complexity index is 820. The van der Waals surface area contributed by atoms with Gasteiger partial charge >= 0.3 is 0 Å². The summed E-state index contributed by atoms with van der Waals surface area (Å²) in [7, 11) is 0. The normalized spacial score (nSPS) is 18.7. The highest BCUT2D eigenvalue weighted by atomic mass is 16.5. The Balaban J connectivity index is 1.60. The maximum absolute atomic E-state index is 11.8. The molecule has 4 heterocycles. The van der Waals surface area contributed by atoms with Crippen molar-refractivity contribution in [2.24, 2.45) is 0 Å². The first-order valence-electron chi connectivity index (χ1n) is 7.80. The minimum Gasteiger partial charge on any atom is -0.342 e. The van der Waals surface area contributed by atoms with Crippen molar-refractivity contribution in [3.63, 3.8) is 0 Å². The van der Waals surface area contributed by atoms with Gasteiger partial charge in [0.15, 0.2) is 0 Å². The summed E-state index contributed by atoms with van der Waals surface area (Å²) >= 11 is 0. The second kappa shape index (κ2) is 5.49. The van der Waals surface area contributed by atoms with Gasteiger partial charge < -0.3 is 13.8 Å². The van der Waals surface area contributed by atoms with E-state index < -0.39 is 0 Å². The van der Waals surface area contributed by atoms with E-state index in [0.717, 1.165) is 12.1 Å². The van der Waals surface area contributed by atoms with E-state index in [9.17, 15) is 4.79 Å². The number of carbonyl (C=O) groups excluding carboxylic acids is 1. The van der Waals surface area contributed by atoms with Gasteiger partial charge in [-0.05, 0) is 25.5 Å². The van der Waals surface area contributed by atoms with Crippen LogP contribution in [0, 0.1) is 0 Å². The molecule has 7 nitrogen and oxygen atoms in total. The lowest BCUT2D eigenvalue weighted by molar-refractivity contribution is -0.133. The molecule has 0 bridgehead atoms. The van der Waals surface area contributed by atoms with Crippen LogP contribution < -0.4 is 0 Å². The first kappa shape index (κ1) is 13.9. The first-order valence-corrected chi connectivity index (χ1v) is 7.80. The van der Waals surface area contributed by atoms with E-state index in [0.29, 0.717) is 36.9 Å². The Kier molecular flexibility index (Phi) is 3.33. The minimum absolute atomic E-state index is 0.103. The van der Waals surface area contributed by atoms with Crippen LogP contribution in [0.2, 0.25) is 0 Å². The van der Waals surface area contributed by atoms with Crippen LogP contribution in [0.5, 0.6) is 0 Å².